The van der Waals surface area contributed by atoms with Gasteiger partial charge < -0.3 is 15.6 Å². The van der Waals surface area contributed by atoms with E-state index in [0.717, 1.165) is 5.56 Å². The Morgan fingerprint density at radius 2 is 2.10 bits per heavy atom. The lowest BCUT2D eigenvalue weighted by Gasteiger charge is -2.14. The van der Waals surface area contributed by atoms with E-state index in [1.54, 1.807) is 6.92 Å². The molecule has 1 heterocycles. The Balaban J connectivity index is 0.00000200. The van der Waals surface area contributed by atoms with Crippen molar-refractivity contribution in [2.45, 2.75) is 19.4 Å². The number of nitrogens with zero attached hydrogens (tertiary/aromatic N) is 2. The van der Waals surface area contributed by atoms with Crippen molar-refractivity contribution in [2.75, 3.05) is 6.54 Å². The lowest BCUT2D eigenvalue weighted by Crippen LogP contribution is -2.33. The van der Waals surface area contributed by atoms with Crippen LogP contribution in [0.5, 0.6) is 0 Å². The Bertz CT molecular complexity index is 544. The molecule has 1 aromatic heterocycles. The first kappa shape index (κ1) is 16.1. The molecule has 1 atom stereocenters. The Morgan fingerprint density at radius 1 is 1.40 bits per heavy atom. The average Bonchev–Trinajstić information content (AvgIpc) is 2.84. The van der Waals surface area contributed by atoms with Crippen LogP contribution in [0.15, 0.2) is 34.9 Å². The largest absolute Gasteiger partial charge is 0.348 e. The topological polar surface area (TPSA) is 94.0 Å². The van der Waals surface area contributed by atoms with Crippen LogP contribution in [0.4, 0.5) is 0 Å². The molecule has 1 unspecified atom stereocenters. The second-order valence-corrected chi connectivity index (χ2v) is 4.15. The first-order valence-electron chi connectivity index (χ1n) is 6.02. The molecule has 0 radical (unpaired) electrons. The summed E-state index contributed by atoms with van der Waals surface area (Å²) < 4.78 is 4.83. The monoisotopic (exact) mass is 296 g/mol. The van der Waals surface area contributed by atoms with Gasteiger partial charge in [0, 0.05) is 13.5 Å². The molecule has 3 N–H and O–H groups in total. The molecule has 0 aliphatic heterocycles. The predicted octanol–water partition coefficient (Wildman–Crippen LogP) is 1.16. The third-order valence-corrected chi connectivity index (χ3v) is 2.74. The van der Waals surface area contributed by atoms with Crippen LogP contribution in [0, 0.1) is 6.92 Å². The molecule has 2 rings (SSSR count). The van der Waals surface area contributed by atoms with E-state index in [1.165, 1.54) is 0 Å². The zero-order chi connectivity index (χ0) is 13.7. The maximum atomic E-state index is 12.1. The van der Waals surface area contributed by atoms with E-state index in [0.29, 0.717) is 11.7 Å². The minimum absolute atomic E-state index is 0. The molecule has 20 heavy (non-hydrogen) atoms. The fourth-order valence-electron chi connectivity index (χ4n) is 1.78. The fourth-order valence-corrected chi connectivity index (χ4v) is 1.78. The second-order valence-electron chi connectivity index (χ2n) is 4.15. The standard InChI is InChI=1S/C13H16N4O2.ClH/c1-9-16-12(17-19-9)8-15-13(18)11(7-14)10-5-3-2-4-6-10;/h2-6,11H,7-8,14H2,1H3,(H,15,18);1H. The van der Waals surface area contributed by atoms with Gasteiger partial charge in [0.05, 0.1) is 12.5 Å². The van der Waals surface area contributed by atoms with Crippen LogP contribution in [0.2, 0.25) is 0 Å². The van der Waals surface area contributed by atoms with E-state index in [1.807, 2.05) is 30.3 Å². The number of hydrogen-bond donors (Lipinski definition) is 2. The van der Waals surface area contributed by atoms with E-state index >= 15 is 0 Å². The number of aromatic nitrogens is 2. The van der Waals surface area contributed by atoms with Crippen LogP contribution >= 0.6 is 12.4 Å². The SMILES string of the molecule is Cc1nc(CNC(=O)C(CN)c2ccccc2)no1.Cl. The van der Waals surface area contributed by atoms with E-state index in [2.05, 4.69) is 15.5 Å². The minimum atomic E-state index is -0.366. The number of halogens is 1. The molecule has 7 heteroatoms. The molecule has 0 aliphatic carbocycles. The summed E-state index contributed by atoms with van der Waals surface area (Å²) in [5, 5.41) is 6.47. The molecule has 2 aromatic rings. The lowest BCUT2D eigenvalue weighted by molar-refractivity contribution is -0.122. The van der Waals surface area contributed by atoms with E-state index in [-0.39, 0.29) is 37.3 Å². The normalized spacial score (nSPS) is 11.5. The summed E-state index contributed by atoms with van der Waals surface area (Å²) >= 11 is 0. The van der Waals surface area contributed by atoms with Gasteiger partial charge in [-0.25, -0.2) is 0 Å². The number of nitrogens with two attached hydrogens (primary N) is 1. The van der Waals surface area contributed by atoms with Crippen molar-refractivity contribution in [3.8, 4) is 0 Å². The molecule has 0 saturated carbocycles. The number of carbonyl (C=O) groups excluding carboxylic acids is 1. The third kappa shape index (κ3) is 4.04. The number of hydrogen-bond acceptors (Lipinski definition) is 5. The summed E-state index contributed by atoms with van der Waals surface area (Å²) in [4.78, 5) is 16.1. The van der Waals surface area contributed by atoms with Crippen molar-refractivity contribution >= 4 is 18.3 Å². The molecular formula is C13H17ClN4O2. The summed E-state index contributed by atoms with van der Waals surface area (Å²) in [6.07, 6.45) is 0. The Morgan fingerprint density at radius 3 is 2.65 bits per heavy atom. The second kappa shape index (κ2) is 7.62. The van der Waals surface area contributed by atoms with Crippen LogP contribution in [0.25, 0.3) is 0 Å². The molecule has 0 spiro atoms. The van der Waals surface area contributed by atoms with Crippen molar-refractivity contribution < 1.29 is 9.32 Å². The van der Waals surface area contributed by atoms with Crippen LogP contribution in [0.1, 0.15) is 23.2 Å². The molecule has 108 valence electrons. The van der Waals surface area contributed by atoms with Gasteiger partial charge in [-0.15, -0.1) is 12.4 Å². The summed E-state index contributed by atoms with van der Waals surface area (Å²) in [7, 11) is 0. The highest BCUT2D eigenvalue weighted by Gasteiger charge is 2.18. The number of nitrogens with one attached hydrogen (secondary N) is 1. The van der Waals surface area contributed by atoms with Crippen LogP contribution in [-0.4, -0.2) is 22.6 Å². The van der Waals surface area contributed by atoms with Gasteiger partial charge in [0.1, 0.15) is 0 Å². The van der Waals surface area contributed by atoms with Gasteiger partial charge in [-0.1, -0.05) is 35.5 Å². The lowest BCUT2D eigenvalue weighted by atomic mass is 9.98. The maximum Gasteiger partial charge on any atom is 0.229 e. The number of aryl methyl sites for hydroxylation is 1. The molecule has 0 bridgehead atoms. The highest BCUT2D eigenvalue weighted by molar-refractivity contribution is 5.85. The van der Waals surface area contributed by atoms with Gasteiger partial charge in [0.15, 0.2) is 5.82 Å². The first-order valence-corrected chi connectivity index (χ1v) is 6.02. The van der Waals surface area contributed by atoms with Gasteiger partial charge in [-0.2, -0.15) is 4.98 Å². The fraction of sp³-hybridized carbons (Fsp3) is 0.308. The zero-order valence-corrected chi connectivity index (χ0v) is 11.9. The number of benzene rings is 1. The number of rotatable bonds is 5. The third-order valence-electron chi connectivity index (χ3n) is 2.74. The van der Waals surface area contributed by atoms with E-state index < -0.39 is 0 Å². The van der Waals surface area contributed by atoms with E-state index in [9.17, 15) is 4.79 Å². The van der Waals surface area contributed by atoms with Crippen LogP contribution in [0.3, 0.4) is 0 Å². The van der Waals surface area contributed by atoms with Crippen molar-refractivity contribution in [1.82, 2.24) is 15.5 Å². The molecule has 1 amide bonds. The van der Waals surface area contributed by atoms with Crippen molar-refractivity contribution in [1.29, 1.82) is 0 Å². The summed E-state index contributed by atoms with van der Waals surface area (Å²) in [5.74, 6) is 0.419. The first-order chi connectivity index (χ1) is 9.20. The quantitative estimate of drug-likeness (QED) is 0.863. The minimum Gasteiger partial charge on any atom is -0.348 e. The van der Waals surface area contributed by atoms with Crippen molar-refractivity contribution in [2.24, 2.45) is 5.73 Å². The predicted molar refractivity (Wildman–Crippen MR) is 76.4 cm³/mol. The van der Waals surface area contributed by atoms with Gasteiger partial charge in [-0.3, -0.25) is 4.79 Å². The summed E-state index contributed by atoms with van der Waals surface area (Å²) in [6.45, 7) is 2.19. The van der Waals surface area contributed by atoms with Crippen LogP contribution < -0.4 is 11.1 Å². The van der Waals surface area contributed by atoms with Gasteiger partial charge in [0.25, 0.3) is 0 Å². The van der Waals surface area contributed by atoms with Crippen LogP contribution in [-0.2, 0) is 11.3 Å². The molecule has 0 saturated heterocycles. The Kier molecular flexibility index (Phi) is 6.14. The molecule has 0 aliphatic rings. The number of amides is 1. The average molecular weight is 297 g/mol. The van der Waals surface area contributed by atoms with Crippen molar-refractivity contribution in [3.05, 3.63) is 47.6 Å². The molecular weight excluding hydrogens is 280 g/mol. The summed E-state index contributed by atoms with van der Waals surface area (Å²) in [6, 6.07) is 9.43. The smallest absolute Gasteiger partial charge is 0.229 e. The molecule has 1 aromatic carbocycles. The highest BCUT2D eigenvalue weighted by atomic mass is 35.5. The number of carbonyl (C=O) groups is 1. The highest BCUT2D eigenvalue weighted by Crippen LogP contribution is 2.14. The molecule has 6 nitrogen and oxygen atoms in total. The van der Waals surface area contributed by atoms with Gasteiger partial charge >= 0.3 is 0 Å². The van der Waals surface area contributed by atoms with Gasteiger partial charge in [0.2, 0.25) is 11.8 Å². The molecule has 0 fully saturated rings. The Hall–Kier alpha value is -1.92. The van der Waals surface area contributed by atoms with Crippen molar-refractivity contribution in [3.63, 3.8) is 0 Å². The Labute approximate surface area is 123 Å². The maximum absolute atomic E-state index is 12.1. The van der Waals surface area contributed by atoms with Gasteiger partial charge in [-0.05, 0) is 5.56 Å². The zero-order valence-electron chi connectivity index (χ0n) is 11.1. The summed E-state index contributed by atoms with van der Waals surface area (Å²) in [5.41, 5.74) is 6.56. The van der Waals surface area contributed by atoms with E-state index in [4.69, 9.17) is 10.3 Å².